The molecule has 146 valence electrons. The molecule has 1 aliphatic heterocycles. The number of hydrogen-bond donors (Lipinski definition) is 0. The van der Waals surface area contributed by atoms with Crippen molar-refractivity contribution in [3.05, 3.63) is 40.2 Å². The zero-order chi connectivity index (χ0) is 19.3. The molecule has 0 N–H and O–H groups in total. The smallest absolute Gasteiger partial charge is 0.172 e. The SMILES string of the molecule is Cc1cc(Oc2c(C3CC3)nn(C3CCSCC3)c2C2CC2)cc(C)c1C#N. The molecule has 2 aliphatic carbocycles. The highest BCUT2D eigenvalue weighted by Gasteiger charge is 2.40. The highest BCUT2D eigenvalue weighted by Crippen LogP contribution is 2.53. The van der Waals surface area contributed by atoms with Crippen molar-refractivity contribution >= 4 is 11.8 Å². The first-order chi connectivity index (χ1) is 13.7. The van der Waals surface area contributed by atoms with Crippen molar-refractivity contribution in [3.8, 4) is 17.6 Å². The predicted octanol–water partition coefficient (Wildman–Crippen LogP) is 5.99. The van der Waals surface area contributed by atoms with Gasteiger partial charge in [-0.3, -0.25) is 4.68 Å². The second-order valence-electron chi connectivity index (χ2n) is 8.58. The molecule has 4 nitrogen and oxygen atoms in total. The molecule has 5 heteroatoms. The van der Waals surface area contributed by atoms with E-state index in [4.69, 9.17) is 9.84 Å². The van der Waals surface area contributed by atoms with Gasteiger partial charge in [-0.1, -0.05) is 0 Å². The van der Waals surface area contributed by atoms with Crippen LogP contribution < -0.4 is 4.74 Å². The zero-order valence-electron chi connectivity index (χ0n) is 16.7. The largest absolute Gasteiger partial charge is 0.453 e. The Kier molecular flexibility index (Phi) is 4.63. The maximum absolute atomic E-state index is 9.37. The summed E-state index contributed by atoms with van der Waals surface area (Å²) in [5.41, 5.74) is 5.25. The molecule has 1 saturated heterocycles. The maximum Gasteiger partial charge on any atom is 0.172 e. The summed E-state index contributed by atoms with van der Waals surface area (Å²) in [5.74, 6) is 5.51. The summed E-state index contributed by atoms with van der Waals surface area (Å²) in [6, 6.07) is 6.85. The first-order valence-electron chi connectivity index (χ1n) is 10.5. The van der Waals surface area contributed by atoms with Crippen LogP contribution in [0, 0.1) is 25.2 Å². The van der Waals surface area contributed by atoms with Crippen LogP contribution in [-0.2, 0) is 0 Å². The van der Waals surface area contributed by atoms with Crippen LogP contribution in [0.3, 0.4) is 0 Å². The number of thioether (sulfide) groups is 1. The Morgan fingerprint density at radius 1 is 1.04 bits per heavy atom. The fraction of sp³-hybridized carbons (Fsp3) is 0.565. The van der Waals surface area contributed by atoms with Crippen molar-refractivity contribution in [2.75, 3.05) is 11.5 Å². The van der Waals surface area contributed by atoms with Crippen molar-refractivity contribution in [1.82, 2.24) is 9.78 Å². The summed E-state index contributed by atoms with van der Waals surface area (Å²) < 4.78 is 8.94. The number of aromatic nitrogens is 2. The second-order valence-corrected chi connectivity index (χ2v) is 9.81. The Bertz CT molecular complexity index is 920. The highest BCUT2D eigenvalue weighted by molar-refractivity contribution is 7.99. The van der Waals surface area contributed by atoms with E-state index in [1.165, 1.54) is 61.4 Å². The Balaban J connectivity index is 1.56. The summed E-state index contributed by atoms with van der Waals surface area (Å²) >= 11 is 2.06. The first-order valence-corrected chi connectivity index (χ1v) is 11.7. The lowest BCUT2D eigenvalue weighted by Crippen LogP contribution is -2.18. The van der Waals surface area contributed by atoms with Crippen LogP contribution in [0.5, 0.6) is 11.5 Å². The van der Waals surface area contributed by atoms with E-state index in [9.17, 15) is 5.26 Å². The molecule has 3 aliphatic rings. The quantitative estimate of drug-likeness (QED) is 0.626. The topological polar surface area (TPSA) is 50.8 Å². The summed E-state index contributed by atoms with van der Waals surface area (Å²) in [4.78, 5) is 0. The number of benzene rings is 1. The Labute approximate surface area is 171 Å². The lowest BCUT2D eigenvalue weighted by atomic mass is 10.0. The third-order valence-corrected chi connectivity index (χ3v) is 7.28. The number of rotatable bonds is 5. The Hall–Kier alpha value is -1.93. The van der Waals surface area contributed by atoms with Gasteiger partial charge in [-0.25, -0.2) is 0 Å². The average Bonchev–Trinajstić information content (AvgIpc) is 3.61. The molecule has 0 amide bonds. The molecule has 2 heterocycles. The molecule has 0 atom stereocenters. The van der Waals surface area contributed by atoms with Crippen LogP contribution in [0.2, 0.25) is 0 Å². The van der Waals surface area contributed by atoms with Gasteiger partial charge in [0.05, 0.1) is 23.4 Å². The van der Waals surface area contributed by atoms with Crippen LogP contribution in [0.4, 0.5) is 0 Å². The van der Waals surface area contributed by atoms with Gasteiger partial charge in [0.25, 0.3) is 0 Å². The lowest BCUT2D eigenvalue weighted by Gasteiger charge is -2.24. The van der Waals surface area contributed by atoms with Crippen LogP contribution in [0.15, 0.2) is 12.1 Å². The van der Waals surface area contributed by atoms with Gasteiger partial charge < -0.3 is 4.74 Å². The van der Waals surface area contributed by atoms with Gasteiger partial charge in [0.1, 0.15) is 11.4 Å². The normalized spacial score (nSPS) is 20.2. The van der Waals surface area contributed by atoms with Gasteiger partial charge in [-0.15, -0.1) is 0 Å². The van der Waals surface area contributed by atoms with E-state index < -0.39 is 0 Å². The zero-order valence-corrected chi connectivity index (χ0v) is 17.5. The molecule has 2 saturated carbocycles. The standard InChI is InChI=1S/C23H27N3OS/c1-14-11-19(12-15(2)20(14)13-24)27-23-21(16-3-4-16)25-26(22(23)17-5-6-17)18-7-9-28-10-8-18/h11-12,16-18H,3-10H2,1-2H3. The molecule has 1 aromatic carbocycles. The van der Waals surface area contributed by atoms with E-state index in [1.54, 1.807) is 0 Å². The minimum Gasteiger partial charge on any atom is -0.453 e. The van der Waals surface area contributed by atoms with E-state index in [0.717, 1.165) is 28.2 Å². The maximum atomic E-state index is 9.37. The van der Waals surface area contributed by atoms with Crippen LogP contribution >= 0.6 is 11.8 Å². The van der Waals surface area contributed by atoms with E-state index >= 15 is 0 Å². The number of nitrogens with zero attached hydrogens (tertiary/aromatic N) is 3. The molecular formula is C23H27N3OS. The molecule has 1 aromatic heterocycles. The van der Waals surface area contributed by atoms with Gasteiger partial charge in [-0.2, -0.15) is 22.1 Å². The van der Waals surface area contributed by atoms with E-state index in [2.05, 4.69) is 22.5 Å². The Morgan fingerprint density at radius 3 is 2.25 bits per heavy atom. The van der Waals surface area contributed by atoms with Gasteiger partial charge in [0, 0.05) is 11.8 Å². The van der Waals surface area contributed by atoms with Crippen molar-refractivity contribution in [3.63, 3.8) is 0 Å². The van der Waals surface area contributed by atoms with Crippen LogP contribution in [0.25, 0.3) is 0 Å². The number of ether oxygens (including phenoxy) is 1. The minimum atomic E-state index is 0.524. The van der Waals surface area contributed by atoms with Crippen LogP contribution in [0.1, 0.15) is 84.5 Å². The van der Waals surface area contributed by atoms with Crippen molar-refractivity contribution in [2.24, 2.45) is 0 Å². The fourth-order valence-electron chi connectivity index (χ4n) is 4.39. The van der Waals surface area contributed by atoms with Gasteiger partial charge in [-0.05, 0) is 87.1 Å². The van der Waals surface area contributed by atoms with Gasteiger partial charge in [0.15, 0.2) is 5.75 Å². The third kappa shape index (κ3) is 3.33. The molecule has 2 aromatic rings. The Morgan fingerprint density at radius 2 is 1.68 bits per heavy atom. The van der Waals surface area contributed by atoms with Crippen molar-refractivity contribution in [1.29, 1.82) is 5.26 Å². The van der Waals surface area contributed by atoms with E-state index in [-0.39, 0.29) is 0 Å². The molecule has 5 rings (SSSR count). The molecule has 0 unspecified atom stereocenters. The average molecular weight is 394 g/mol. The minimum absolute atomic E-state index is 0.524. The molecule has 0 bridgehead atoms. The van der Waals surface area contributed by atoms with Gasteiger partial charge in [0.2, 0.25) is 0 Å². The van der Waals surface area contributed by atoms with Crippen molar-refractivity contribution < 1.29 is 4.74 Å². The lowest BCUT2D eigenvalue weighted by molar-refractivity contribution is 0.405. The second kappa shape index (κ2) is 7.15. The molecule has 3 fully saturated rings. The number of hydrogen-bond acceptors (Lipinski definition) is 4. The summed E-state index contributed by atoms with van der Waals surface area (Å²) in [5, 5.41) is 14.5. The van der Waals surface area contributed by atoms with Crippen LogP contribution in [-0.4, -0.2) is 21.3 Å². The molecule has 28 heavy (non-hydrogen) atoms. The third-order valence-electron chi connectivity index (χ3n) is 6.23. The van der Waals surface area contributed by atoms with Gasteiger partial charge >= 0.3 is 0 Å². The first kappa shape index (κ1) is 18.1. The molecular weight excluding hydrogens is 366 g/mol. The number of nitriles is 1. The summed E-state index contributed by atoms with van der Waals surface area (Å²) in [7, 11) is 0. The number of aryl methyl sites for hydroxylation is 2. The molecule has 0 spiro atoms. The van der Waals surface area contributed by atoms with Crippen molar-refractivity contribution in [2.45, 2.75) is 70.3 Å². The monoisotopic (exact) mass is 393 g/mol. The van der Waals surface area contributed by atoms with E-state index in [0.29, 0.717) is 17.9 Å². The molecule has 0 radical (unpaired) electrons. The summed E-state index contributed by atoms with van der Waals surface area (Å²) in [6.45, 7) is 3.98. The fourth-order valence-corrected chi connectivity index (χ4v) is 5.47. The summed E-state index contributed by atoms with van der Waals surface area (Å²) in [6.07, 6.45) is 7.38. The highest BCUT2D eigenvalue weighted by atomic mass is 32.2. The van der Waals surface area contributed by atoms with E-state index in [1.807, 2.05) is 26.0 Å². The predicted molar refractivity (Wildman–Crippen MR) is 112 cm³/mol.